The highest BCUT2D eigenvalue weighted by Crippen LogP contribution is 1.94. The van der Waals surface area contributed by atoms with Gasteiger partial charge < -0.3 is 4.74 Å². The van der Waals surface area contributed by atoms with Crippen LogP contribution in [0, 0.1) is 0 Å². The molecule has 0 aliphatic rings. The van der Waals surface area contributed by atoms with Gasteiger partial charge in [-0.15, -0.1) is 0 Å². The van der Waals surface area contributed by atoms with Crippen LogP contribution in [0.4, 0.5) is 0 Å². The molecule has 0 fully saturated rings. The van der Waals surface area contributed by atoms with E-state index in [4.69, 9.17) is 0 Å². The minimum absolute atomic E-state index is 0.162. The molecule has 0 spiro atoms. The molecule has 1 aromatic carbocycles. The maximum Gasteiger partial charge on any atom is 0.267 e. The number of hydrogen-bond acceptors (Lipinski definition) is 3. The van der Waals surface area contributed by atoms with Crippen LogP contribution in [0.3, 0.4) is 0 Å². The van der Waals surface area contributed by atoms with Crippen LogP contribution < -0.4 is 15.6 Å². The van der Waals surface area contributed by atoms with E-state index in [1.807, 2.05) is 0 Å². The van der Waals surface area contributed by atoms with E-state index < -0.39 is 10.9 Å². The fourth-order valence-electron chi connectivity index (χ4n) is 0.445. The molecule has 1 aromatic rings. The lowest BCUT2D eigenvalue weighted by molar-refractivity contribution is 0.405. The van der Waals surface area contributed by atoms with Gasteiger partial charge in [0, 0.05) is 6.07 Å². The van der Waals surface area contributed by atoms with Crippen molar-refractivity contribution >= 4 is 0 Å². The van der Waals surface area contributed by atoms with Crippen molar-refractivity contribution in [2.75, 3.05) is 7.11 Å². The molecule has 0 aliphatic heterocycles. The number of ether oxygens (including phenoxy) is 1. The third kappa shape index (κ3) is 0.443. The Hall–Kier alpha value is -1.12. The third-order valence-electron chi connectivity index (χ3n) is 0.930. The van der Waals surface area contributed by atoms with E-state index in [9.17, 15) is 9.59 Å². The van der Waals surface area contributed by atoms with E-state index in [0.29, 0.717) is 0 Å². The van der Waals surface area contributed by atoms with Gasteiger partial charge in [0.2, 0.25) is 5.43 Å². The minimum Gasteiger partial charge on any atom is -0.492 e. The lowest BCUT2D eigenvalue weighted by Gasteiger charge is -1.94. The topological polar surface area (TPSA) is 43.4 Å². The van der Waals surface area contributed by atoms with Gasteiger partial charge in [0.05, 0.1) is 7.11 Å². The molecule has 0 bridgehead atoms. The van der Waals surface area contributed by atoms with Crippen LogP contribution >= 0.6 is 0 Å². The van der Waals surface area contributed by atoms with Crippen molar-refractivity contribution in [3.05, 3.63) is 26.5 Å². The molecule has 0 aliphatic carbocycles. The van der Waals surface area contributed by atoms with Gasteiger partial charge in [-0.2, -0.15) is 0 Å². The average Bonchev–Trinajstić information content (AvgIpc) is 1.81. The van der Waals surface area contributed by atoms with E-state index in [1.165, 1.54) is 13.2 Å². The molecule has 1 rings (SSSR count). The van der Waals surface area contributed by atoms with Crippen molar-refractivity contribution in [1.82, 2.24) is 0 Å². The highest BCUT2D eigenvalue weighted by molar-refractivity contribution is 5.25. The first-order valence-electron chi connectivity index (χ1n) is 2.10. The van der Waals surface area contributed by atoms with Gasteiger partial charge in [-0.1, -0.05) is 0 Å². The van der Waals surface area contributed by atoms with Crippen molar-refractivity contribution in [2.45, 2.75) is 0 Å². The summed E-state index contributed by atoms with van der Waals surface area (Å²) < 4.78 is 4.46. The fourth-order valence-corrected chi connectivity index (χ4v) is 0.445. The summed E-state index contributed by atoms with van der Waals surface area (Å²) in [6.45, 7) is 0. The van der Waals surface area contributed by atoms with Gasteiger partial charge in [-0.25, -0.2) is 0 Å². The van der Waals surface area contributed by atoms with Gasteiger partial charge in [-0.3, -0.25) is 9.59 Å². The van der Waals surface area contributed by atoms with Gasteiger partial charge in [0.15, 0.2) is 5.75 Å². The molecule has 0 amide bonds. The number of methoxy groups -OCH3 is 1. The van der Waals surface area contributed by atoms with E-state index in [-0.39, 0.29) is 5.75 Å². The summed E-state index contributed by atoms with van der Waals surface area (Å²) in [5.74, 6) is 0.162. The zero-order valence-corrected chi connectivity index (χ0v) is 4.30. The SMILES string of the molecule is COc1cc(=O)c1=O. The van der Waals surface area contributed by atoms with Crippen LogP contribution in [0.25, 0.3) is 0 Å². The Bertz CT molecular complexity index is 254. The summed E-state index contributed by atoms with van der Waals surface area (Å²) >= 11 is 0. The lowest BCUT2D eigenvalue weighted by atomic mass is 10.3. The fraction of sp³-hybridized carbons (Fsp3) is 0.200. The molecule has 3 nitrogen and oxygen atoms in total. The van der Waals surface area contributed by atoms with Crippen LogP contribution in [0.15, 0.2) is 15.7 Å². The predicted molar refractivity (Wildman–Crippen MR) is 27.9 cm³/mol. The molecule has 0 radical (unpaired) electrons. The van der Waals surface area contributed by atoms with E-state index in [2.05, 4.69) is 4.74 Å². The quantitative estimate of drug-likeness (QED) is 0.451. The Morgan fingerprint density at radius 2 is 2.12 bits per heavy atom. The Morgan fingerprint density at radius 3 is 2.25 bits per heavy atom. The van der Waals surface area contributed by atoms with Gasteiger partial charge in [0.25, 0.3) is 5.43 Å². The van der Waals surface area contributed by atoms with Crippen LogP contribution in [0.2, 0.25) is 0 Å². The third-order valence-corrected chi connectivity index (χ3v) is 0.930. The molecular formula is C5H4O3. The second-order valence-electron chi connectivity index (χ2n) is 1.41. The standard InChI is InChI=1S/C5H4O3/c1-8-4-2-3(6)5(4)7/h2H,1H3. The van der Waals surface area contributed by atoms with Crippen LogP contribution in [0.1, 0.15) is 0 Å². The van der Waals surface area contributed by atoms with E-state index >= 15 is 0 Å². The van der Waals surface area contributed by atoms with Gasteiger partial charge in [0.1, 0.15) is 0 Å². The molecule has 0 unspecified atom stereocenters. The van der Waals surface area contributed by atoms with Crippen molar-refractivity contribution in [3.8, 4) is 5.75 Å². The van der Waals surface area contributed by atoms with E-state index in [1.54, 1.807) is 0 Å². The van der Waals surface area contributed by atoms with Crippen molar-refractivity contribution in [1.29, 1.82) is 0 Å². The zero-order chi connectivity index (χ0) is 6.15. The zero-order valence-electron chi connectivity index (χ0n) is 4.30. The minimum atomic E-state index is -0.521. The molecule has 42 valence electrons. The molecular weight excluding hydrogens is 108 g/mol. The number of hydrogen-bond donors (Lipinski definition) is 0. The average molecular weight is 112 g/mol. The summed E-state index contributed by atoms with van der Waals surface area (Å²) in [5, 5.41) is 0. The monoisotopic (exact) mass is 112 g/mol. The Kier molecular flexibility index (Phi) is 0.901. The van der Waals surface area contributed by atoms with Crippen molar-refractivity contribution in [2.24, 2.45) is 0 Å². The molecule has 0 heterocycles. The second-order valence-corrected chi connectivity index (χ2v) is 1.41. The Labute approximate surface area is 45.2 Å². The number of rotatable bonds is 1. The summed E-state index contributed by atoms with van der Waals surface area (Å²) in [5.41, 5.74) is -0.991. The normalized spacial score (nSPS) is 9.62. The molecule has 0 saturated heterocycles. The van der Waals surface area contributed by atoms with Gasteiger partial charge >= 0.3 is 0 Å². The summed E-state index contributed by atoms with van der Waals surface area (Å²) in [6, 6.07) is 1.17. The largest absolute Gasteiger partial charge is 0.492 e. The second kappa shape index (κ2) is 1.43. The smallest absolute Gasteiger partial charge is 0.267 e. The Balaban J connectivity index is 3.11. The molecule has 0 atom stereocenters. The maximum atomic E-state index is 10.2. The summed E-state index contributed by atoms with van der Waals surface area (Å²) in [4.78, 5) is 20.3. The molecule has 3 heteroatoms. The molecule has 0 aromatic heterocycles. The van der Waals surface area contributed by atoms with E-state index in [0.717, 1.165) is 0 Å². The molecule has 8 heavy (non-hydrogen) atoms. The Morgan fingerprint density at radius 1 is 1.50 bits per heavy atom. The maximum absolute atomic E-state index is 10.2. The summed E-state index contributed by atoms with van der Waals surface area (Å²) in [6.07, 6.45) is 0. The van der Waals surface area contributed by atoms with Crippen molar-refractivity contribution in [3.63, 3.8) is 0 Å². The first-order chi connectivity index (χ1) is 3.75. The lowest BCUT2D eigenvalue weighted by Crippen LogP contribution is -2.29. The highest BCUT2D eigenvalue weighted by atomic mass is 16.5. The first-order valence-corrected chi connectivity index (χ1v) is 2.10. The summed E-state index contributed by atoms with van der Waals surface area (Å²) in [7, 11) is 1.36. The van der Waals surface area contributed by atoms with Crippen molar-refractivity contribution < 1.29 is 4.74 Å². The van der Waals surface area contributed by atoms with Gasteiger partial charge in [-0.05, 0) is 0 Å². The first kappa shape index (κ1) is 5.03. The van der Waals surface area contributed by atoms with Crippen LogP contribution in [-0.4, -0.2) is 7.11 Å². The van der Waals surface area contributed by atoms with Crippen LogP contribution in [-0.2, 0) is 0 Å². The molecule has 0 saturated carbocycles. The predicted octanol–water partition coefficient (Wildman–Crippen LogP) is -0.709. The van der Waals surface area contributed by atoms with Crippen LogP contribution in [0.5, 0.6) is 5.75 Å². The molecule has 0 N–H and O–H groups in total. The highest BCUT2D eigenvalue weighted by Gasteiger charge is 2.07.